The van der Waals surface area contributed by atoms with E-state index in [2.05, 4.69) is 10.3 Å². The number of piperidine rings is 1. The molecule has 1 N–H and O–H groups in total. The standard InChI is InChI=1S/C12H12N4O3.C2H6/c1-15-10-7(3-2-6-13-10)16(12(15)19)8-4-5-9(17)14-11(8)18;1-2/h2-3,6,8H,4-5H2,1H3,(H,14,17,18);1-2H3. The number of carbonyl (C=O) groups is 2. The van der Waals surface area contributed by atoms with E-state index in [0.717, 1.165) is 0 Å². The number of aromatic nitrogens is 3. The molecule has 1 atom stereocenters. The van der Waals surface area contributed by atoms with Gasteiger partial charge in [0.15, 0.2) is 5.65 Å². The minimum atomic E-state index is -0.655. The molecular formula is C14H18N4O3. The Balaban J connectivity index is 0.000000774. The van der Waals surface area contributed by atoms with Gasteiger partial charge in [0.2, 0.25) is 11.8 Å². The van der Waals surface area contributed by atoms with E-state index in [0.29, 0.717) is 17.6 Å². The summed E-state index contributed by atoms with van der Waals surface area (Å²) in [6.45, 7) is 4.00. The molecule has 2 aromatic rings. The summed E-state index contributed by atoms with van der Waals surface area (Å²) in [5.41, 5.74) is 0.824. The molecule has 0 radical (unpaired) electrons. The van der Waals surface area contributed by atoms with Gasteiger partial charge in [-0.25, -0.2) is 9.78 Å². The van der Waals surface area contributed by atoms with Crippen LogP contribution in [0.2, 0.25) is 0 Å². The molecule has 0 aliphatic carbocycles. The maximum Gasteiger partial charge on any atom is 0.330 e. The Kier molecular flexibility index (Phi) is 4.21. The van der Waals surface area contributed by atoms with Crippen molar-refractivity contribution >= 4 is 23.0 Å². The number of carbonyl (C=O) groups excluding carboxylic acids is 2. The summed E-state index contributed by atoms with van der Waals surface area (Å²) in [6.07, 6.45) is 2.16. The number of amides is 2. The van der Waals surface area contributed by atoms with Crippen LogP contribution in [0.3, 0.4) is 0 Å². The highest BCUT2D eigenvalue weighted by molar-refractivity contribution is 6.00. The maximum atomic E-state index is 12.2. The van der Waals surface area contributed by atoms with Crippen molar-refractivity contribution in [2.45, 2.75) is 32.7 Å². The Morgan fingerprint density at radius 3 is 2.67 bits per heavy atom. The van der Waals surface area contributed by atoms with E-state index in [1.54, 1.807) is 25.4 Å². The van der Waals surface area contributed by atoms with Crippen LogP contribution in [0.4, 0.5) is 0 Å². The van der Waals surface area contributed by atoms with E-state index in [-0.39, 0.29) is 18.0 Å². The molecule has 7 nitrogen and oxygen atoms in total. The summed E-state index contributed by atoms with van der Waals surface area (Å²) in [5, 5.41) is 2.26. The van der Waals surface area contributed by atoms with Gasteiger partial charge in [-0.1, -0.05) is 13.8 Å². The number of nitrogens with one attached hydrogen (secondary N) is 1. The average molecular weight is 290 g/mol. The Bertz CT molecular complexity index is 744. The summed E-state index contributed by atoms with van der Waals surface area (Å²) < 4.78 is 2.81. The van der Waals surface area contributed by atoms with Gasteiger partial charge in [0, 0.05) is 19.7 Å². The Morgan fingerprint density at radius 2 is 2.00 bits per heavy atom. The van der Waals surface area contributed by atoms with Gasteiger partial charge in [0.05, 0.1) is 5.52 Å². The topological polar surface area (TPSA) is 86.0 Å². The van der Waals surface area contributed by atoms with E-state index in [4.69, 9.17) is 0 Å². The summed E-state index contributed by atoms with van der Waals surface area (Å²) in [6, 6.07) is 2.80. The third kappa shape index (κ3) is 2.46. The molecule has 0 saturated carbocycles. The van der Waals surface area contributed by atoms with Gasteiger partial charge >= 0.3 is 5.69 Å². The van der Waals surface area contributed by atoms with Crippen LogP contribution in [-0.2, 0) is 16.6 Å². The number of imide groups is 1. The van der Waals surface area contributed by atoms with Gasteiger partial charge in [-0.3, -0.25) is 24.0 Å². The lowest BCUT2D eigenvalue weighted by atomic mass is 10.1. The van der Waals surface area contributed by atoms with Gasteiger partial charge in [-0.05, 0) is 18.6 Å². The quantitative estimate of drug-likeness (QED) is 0.785. The van der Waals surface area contributed by atoms with E-state index in [1.807, 2.05) is 13.8 Å². The van der Waals surface area contributed by atoms with Crippen LogP contribution < -0.4 is 11.0 Å². The molecule has 1 unspecified atom stereocenters. The number of nitrogens with zero attached hydrogens (tertiary/aromatic N) is 3. The summed E-state index contributed by atoms with van der Waals surface area (Å²) >= 11 is 0. The molecule has 7 heteroatoms. The SMILES string of the molecule is CC.Cn1c(=O)n(C2CCC(=O)NC2=O)c2cccnc21. The molecule has 1 aliphatic rings. The van der Waals surface area contributed by atoms with Crippen LogP contribution in [0, 0.1) is 0 Å². The molecule has 1 fully saturated rings. The fourth-order valence-corrected chi connectivity index (χ4v) is 2.42. The molecule has 0 spiro atoms. The van der Waals surface area contributed by atoms with Crippen LogP contribution in [-0.4, -0.2) is 25.9 Å². The van der Waals surface area contributed by atoms with Gasteiger partial charge in [-0.15, -0.1) is 0 Å². The molecule has 2 aromatic heterocycles. The zero-order valence-corrected chi connectivity index (χ0v) is 12.3. The van der Waals surface area contributed by atoms with Crippen molar-refractivity contribution in [2.75, 3.05) is 0 Å². The monoisotopic (exact) mass is 290 g/mol. The van der Waals surface area contributed by atoms with Crippen LogP contribution in [0.25, 0.3) is 11.2 Å². The fraction of sp³-hybridized carbons (Fsp3) is 0.429. The van der Waals surface area contributed by atoms with Crippen LogP contribution in [0.5, 0.6) is 0 Å². The first-order valence-corrected chi connectivity index (χ1v) is 6.95. The highest BCUT2D eigenvalue weighted by Crippen LogP contribution is 2.21. The molecule has 112 valence electrons. The van der Waals surface area contributed by atoms with Gasteiger partial charge < -0.3 is 0 Å². The van der Waals surface area contributed by atoms with Crippen LogP contribution in [0.1, 0.15) is 32.7 Å². The molecule has 3 heterocycles. The van der Waals surface area contributed by atoms with E-state index in [1.165, 1.54) is 9.13 Å². The minimum Gasteiger partial charge on any atom is -0.295 e. The van der Waals surface area contributed by atoms with Gasteiger partial charge in [0.25, 0.3) is 0 Å². The summed E-state index contributed by atoms with van der Waals surface area (Å²) in [7, 11) is 1.61. The number of fused-ring (bicyclic) bond motifs is 1. The van der Waals surface area contributed by atoms with Crippen LogP contribution in [0.15, 0.2) is 23.1 Å². The van der Waals surface area contributed by atoms with Crippen LogP contribution >= 0.6 is 0 Å². The van der Waals surface area contributed by atoms with Crippen molar-refractivity contribution in [1.29, 1.82) is 0 Å². The van der Waals surface area contributed by atoms with Crippen molar-refractivity contribution in [3.05, 3.63) is 28.8 Å². The van der Waals surface area contributed by atoms with E-state index in [9.17, 15) is 14.4 Å². The lowest BCUT2D eigenvalue weighted by Crippen LogP contribution is -2.44. The largest absolute Gasteiger partial charge is 0.330 e. The molecular weight excluding hydrogens is 272 g/mol. The van der Waals surface area contributed by atoms with Crippen molar-refractivity contribution < 1.29 is 9.59 Å². The number of hydrogen-bond acceptors (Lipinski definition) is 4. The van der Waals surface area contributed by atoms with E-state index < -0.39 is 11.9 Å². The smallest absolute Gasteiger partial charge is 0.295 e. The molecule has 0 aromatic carbocycles. The lowest BCUT2D eigenvalue weighted by molar-refractivity contribution is -0.135. The van der Waals surface area contributed by atoms with Crippen molar-refractivity contribution in [3.8, 4) is 0 Å². The second-order valence-corrected chi connectivity index (χ2v) is 4.52. The number of aryl methyl sites for hydroxylation is 1. The third-order valence-corrected chi connectivity index (χ3v) is 3.36. The fourth-order valence-electron chi connectivity index (χ4n) is 2.42. The average Bonchev–Trinajstić information content (AvgIpc) is 2.75. The van der Waals surface area contributed by atoms with E-state index >= 15 is 0 Å². The first-order valence-electron chi connectivity index (χ1n) is 6.95. The number of imidazole rings is 1. The Labute approximate surface area is 121 Å². The highest BCUT2D eigenvalue weighted by atomic mass is 16.2. The lowest BCUT2D eigenvalue weighted by Gasteiger charge is -2.21. The predicted octanol–water partition coefficient (Wildman–Crippen LogP) is 0.739. The van der Waals surface area contributed by atoms with Gasteiger partial charge in [-0.2, -0.15) is 0 Å². The molecule has 2 amide bonds. The van der Waals surface area contributed by atoms with Gasteiger partial charge in [0.1, 0.15) is 6.04 Å². The molecule has 0 bridgehead atoms. The predicted molar refractivity (Wildman–Crippen MR) is 77.7 cm³/mol. The first-order chi connectivity index (χ1) is 10.1. The molecule has 21 heavy (non-hydrogen) atoms. The minimum absolute atomic E-state index is 0.236. The van der Waals surface area contributed by atoms with Crippen molar-refractivity contribution in [2.24, 2.45) is 7.05 Å². The number of pyridine rings is 1. The van der Waals surface area contributed by atoms with Crippen molar-refractivity contribution in [1.82, 2.24) is 19.4 Å². The zero-order valence-electron chi connectivity index (χ0n) is 12.3. The summed E-state index contributed by atoms with van der Waals surface area (Å²) in [4.78, 5) is 39.4. The second-order valence-electron chi connectivity index (χ2n) is 4.52. The molecule has 1 aliphatic heterocycles. The number of rotatable bonds is 1. The van der Waals surface area contributed by atoms with Crippen molar-refractivity contribution in [3.63, 3.8) is 0 Å². The third-order valence-electron chi connectivity index (χ3n) is 3.36. The maximum absolute atomic E-state index is 12.2. The normalized spacial score (nSPS) is 18.1. The molecule has 3 rings (SSSR count). The molecule has 1 saturated heterocycles. The number of hydrogen-bond donors (Lipinski definition) is 1. The summed E-state index contributed by atoms with van der Waals surface area (Å²) in [5.74, 6) is -0.734. The second kappa shape index (κ2) is 5.90. The zero-order chi connectivity index (χ0) is 15.6. The highest BCUT2D eigenvalue weighted by Gasteiger charge is 2.31. The Hall–Kier alpha value is -2.44. The first kappa shape index (κ1) is 15.0. The Morgan fingerprint density at radius 1 is 1.29 bits per heavy atom.